The van der Waals surface area contributed by atoms with Gasteiger partial charge < -0.3 is 15.3 Å². The van der Waals surface area contributed by atoms with Crippen molar-refractivity contribution in [1.82, 2.24) is 15.1 Å². The summed E-state index contributed by atoms with van der Waals surface area (Å²) >= 11 is 4.83. The van der Waals surface area contributed by atoms with Gasteiger partial charge in [-0.15, -0.1) is 21.5 Å². The van der Waals surface area contributed by atoms with E-state index in [9.17, 15) is 23.1 Å². The third-order valence-electron chi connectivity index (χ3n) is 5.43. The molecule has 0 radical (unpaired) electrons. The summed E-state index contributed by atoms with van der Waals surface area (Å²) in [5.41, 5.74) is 0.767. The lowest BCUT2D eigenvalue weighted by Gasteiger charge is -2.17. The second-order valence-electron chi connectivity index (χ2n) is 7.95. The molecule has 4 rings (SSSR count). The Labute approximate surface area is 211 Å². The number of anilines is 1. The van der Waals surface area contributed by atoms with E-state index in [1.807, 2.05) is 43.3 Å². The van der Waals surface area contributed by atoms with Crippen molar-refractivity contribution in [3.63, 3.8) is 0 Å². The number of carbonyl (C=O) groups is 1. The molecule has 2 heterocycles. The summed E-state index contributed by atoms with van der Waals surface area (Å²) in [5.74, 6) is 0.250. The monoisotopic (exact) mass is 564 g/mol. The average Bonchev–Trinajstić information content (AvgIpc) is 3.29. The Bertz CT molecular complexity index is 1390. The van der Waals surface area contributed by atoms with Gasteiger partial charge >= 0.3 is 12.3 Å². The van der Waals surface area contributed by atoms with Crippen LogP contribution < -0.4 is 5.32 Å². The molecule has 2 aromatic heterocycles. The Hall–Kier alpha value is -3.18. The minimum atomic E-state index is -4.62. The molecule has 2 aromatic carbocycles. The predicted molar refractivity (Wildman–Crippen MR) is 134 cm³/mol. The molecule has 4 aromatic rings. The van der Waals surface area contributed by atoms with Crippen molar-refractivity contribution in [2.75, 3.05) is 12.4 Å². The van der Waals surface area contributed by atoms with E-state index in [1.54, 1.807) is 6.07 Å². The quantitative estimate of drug-likeness (QED) is 0.254. The fourth-order valence-corrected chi connectivity index (χ4v) is 5.10. The van der Waals surface area contributed by atoms with Crippen LogP contribution in [0.15, 0.2) is 59.1 Å². The van der Waals surface area contributed by atoms with E-state index in [0.29, 0.717) is 9.86 Å². The Morgan fingerprint density at radius 2 is 1.89 bits per heavy atom. The first-order chi connectivity index (χ1) is 16.5. The van der Waals surface area contributed by atoms with Crippen molar-refractivity contribution < 1.29 is 23.1 Å². The lowest BCUT2D eigenvalue weighted by atomic mass is 10.1. The highest BCUT2D eigenvalue weighted by Crippen LogP contribution is 2.38. The first-order valence-corrected chi connectivity index (χ1v) is 12.1. The number of hydrogen-bond donors (Lipinski definition) is 2. The highest BCUT2D eigenvalue weighted by atomic mass is 79.9. The van der Waals surface area contributed by atoms with Crippen LogP contribution in [0.25, 0.3) is 21.2 Å². The van der Waals surface area contributed by atoms with Crippen LogP contribution in [0.1, 0.15) is 29.1 Å². The molecule has 0 aliphatic rings. The van der Waals surface area contributed by atoms with E-state index >= 15 is 0 Å². The topological polar surface area (TPSA) is 78.4 Å². The fourth-order valence-electron chi connectivity index (χ4n) is 3.67. The van der Waals surface area contributed by atoms with E-state index in [2.05, 4.69) is 31.4 Å². The molecule has 0 unspecified atom stereocenters. The predicted octanol–water partition coefficient (Wildman–Crippen LogP) is 7.42. The maximum absolute atomic E-state index is 13.4. The largest absolute Gasteiger partial charge is 0.465 e. The van der Waals surface area contributed by atoms with Gasteiger partial charge in [-0.05, 0) is 42.3 Å². The number of hydrogen-bond acceptors (Lipinski definition) is 5. The van der Waals surface area contributed by atoms with Gasteiger partial charge in [0.05, 0.1) is 6.04 Å². The summed E-state index contributed by atoms with van der Waals surface area (Å²) in [7, 11) is 1.51. The molecule has 0 spiro atoms. The maximum atomic E-state index is 13.4. The zero-order chi connectivity index (χ0) is 25.3. The fraction of sp³-hybridized carbons (Fsp3) is 0.208. The summed E-state index contributed by atoms with van der Waals surface area (Å²) in [6, 6.07) is 15.7. The molecule has 11 heteroatoms. The van der Waals surface area contributed by atoms with Gasteiger partial charge in [-0.2, -0.15) is 13.2 Å². The number of nitrogens with one attached hydrogen (secondary N) is 1. The molecule has 0 aliphatic carbocycles. The van der Waals surface area contributed by atoms with Crippen molar-refractivity contribution in [1.29, 1.82) is 0 Å². The number of fused-ring (bicyclic) bond motifs is 1. The lowest BCUT2D eigenvalue weighted by Crippen LogP contribution is -2.24. The third kappa shape index (κ3) is 5.40. The second-order valence-corrected chi connectivity index (χ2v) is 9.98. The Kier molecular flexibility index (Phi) is 7.00. The molecule has 1 amide bonds. The van der Waals surface area contributed by atoms with Crippen LogP contribution >= 0.6 is 27.3 Å². The number of nitrogens with zero attached hydrogens (tertiary/aromatic N) is 3. The third-order valence-corrected chi connectivity index (χ3v) is 7.23. The number of halogens is 4. The summed E-state index contributed by atoms with van der Waals surface area (Å²) < 4.78 is 40.9. The summed E-state index contributed by atoms with van der Waals surface area (Å²) in [6.07, 6.45) is -5.63. The summed E-state index contributed by atoms with van der Waals surface area (Å²) in [5, 5.41) is 20.0. The normalized spacial score (nSPS) is 12.5. The molecule has 0 bridgehead atoms. The highest BCUT2D eigenvalue weighted by Gasteiger charge is 2.36. The van der Waals surface area contributed by atoms with E-state index in [0.717, 1.165) is 20.9 Å². The van der Waals surface area contributed by atoms with Gasteiger partial charge in [0, 0.05) is 38.6 Å². The molecule has 35 heavy (non-hydrogen) atoms. The maximum Gasteiger partial charge on any atom is 0.435 e. The van der Waals surface area contributed by atoms with Crippen molar-refractivity contribution in [3.05, 3.63) is 75.2 Å². The van der Waals surface area contributed by atoms with Crippen LogP contribution in [-0.2, 0) is 12.7 Å². The zero-order valence-electron chi connectivity index (χ0n) is 18.6. The molecule has 1 atom stereocenters. The first-order valence-electron chi connectivity index (χ1n) is 10.5. The lowest BCUT2D eigenvalue weighted by molar-refractivity contribution is -0.140. The van der Waals surface area contributed by atoms with Crippen LogP contribution in [0.3, 0.4) is 0 Å². The van der Waals surface area contributed by atoms with E-state index < -0.39 is 18.0 Å². The molecule has 0 aliphatic heterocycles. The Morgan fingerprint density at radius 1 is 1.14 bits per heavy atom. The molecular formula is C24H20BrF3N4O2S. The smallest absolute Gasteiger partial charge is 0.435 e. The van der Waals surface area contributed by atoms with Crippen LogP contribution in [0, 0.1) is 0 Å². The minimum absolute atomic E-state index is 0.0336. The van der Waals surface area contributed by atoms with Gasteiger partial charge in [-0.1, -0.05) is 46.3 Å². The van der Waals surface area contributed by atoms with Gasteiger partial charge in [-0.3, -0.25) is 0 Å². The van der Waals surface area contributed by atoms with Gasteiger partial charge in [0.25, 0.3) is 0 Å². The first kappa shape index (κ1) is 24.9. The second kappa shape index (κ2) is 9.82. The molecule has 0 fully saturated rings. The van der Waals surface area contributed by atoms with Crippen molar-refractivity contribution in [2.45, 2.75) is 25.7 Å². The number of benzene rings is 2. The van der Waals surface area contributed by atoms with E-state index in [1.165, 1.54) is 35.4 Å². The number of aromatic nitrogens is 2. The van der Waals surface area contributed by atoms with Crippen LogP contribution in [-0.4, -0.2) is 33.3 Å². The van der Waals surface area contributed by atoms with Crippen LogP contribution in [0.2, 0.25) is 0 Å². The zero-order valence-corrected chi connectivity index (χ0v) is 21.0. The summed E-state index contributed by atoms with van der Waals surface area (Å²) in [6.45, 7) is 2.14. The van der Waals surface area contributed by atoms with Crippen LogP contribution in [0.4, 0.5) is 23.8 Å². The van der Waals surface area contributed by atoms with Crippen LogP contribution in [0.5, 0.6) is 0 Å². The van der Waals surface area contributed by atoms with E-state index in [4.69, 9.17) is 0 Å². The minimum Gasteiger partial charge on any atom is -0.465 e. The molecule has 2 N–H and O–H groups in total. The van der Waals surface area contributed by atoms with Gasteiger partial charge in [0.15, 0.2) is 11.5 Å². The number of alkyl halides is 3. The molecule has 0 saturated heterocycles. The Balaban J connectivity index is 1.63. The molecular weight excluding hydrogens is 545 g/mol. The highest BCUT2D eigenvalue weighted by molar-refractivity contribution is 9.10. The Morgan fingerprint density at radius 3 is 2.60 bits per heavy atom. The number of rotatable bonds is 6. The van der Waals surface area contributed by atoms with Gasteiger partial charge in [0.1, 0.15) is 0 Å². The molecule has 6 nitrogen and oxygen atoms in total. The van der Waals surface area contributed by atoms with Crippen molar-refractivity contribution in [2.24, 2.45) is 0 Å². The van der Waals surface area contributed by atoms with Crippen molar-refractivity contribution in [3.8, 4) is 10.4 Å². The number of amides is 1. The SMILES string of the molecule is C[C@@H](Nc1nnc(C(F)(F)F)c2ccc(Br)cc12)c1ccc(-c2ccccc2CN(C)C(=O)O)s1. The standard InChI is InChI=1S/C24H20BrF3N4O2S/c1-13(29-22-18-11-15(25)7-8-17(18)21(30-31-22)24(26,27)28)19-9-10-20(35-19)16-6-4-3-5-14(16)12-32(2)23(33)34/h3-11,13H,12H2,1-2H3,(H,29,31)(H,33,34)/t13-/m1/s1. The van der Waals surface area contributed by atoms with Gasteiger partial charge in [0.2, 0.25) is 0 Å². The molecule has 0 saturated carbocycles. The summed E-state index contributed by atoms with van der Waals surface area (Å²) in [4.78, 5) is 14.4. The van der Waals surface area contributed by atoms with E-state index in [-0.39, 0.29) is 23.8 Å². The molecule has 182 valence electrons. The number of carboxylic acid groups (broad SMARTS) is 1. The van der Waals surface area contributed by atoms with Crippen molar-refractivity contribution >= 4 is 50.0 Å². The average molecular weight is 565 g/mol. The number of thiophene rings is 1. The van der Waals surface area contributed by atoms with Gasteiger partial charge in [-0.25, -0.2) is 4.79 Å².